The van der Waals surface area contributed by atoms with Gasteiger partial charge in [0.25, 0.3) is 0 Å². The van der Waals surface area contributed by atoms with E-state index in [-0.39, 0.29) is 4.90 Å². The molecular weight excluding hydrogens is 322 g/mol. The van der Waals surface area contributed by atoms with Crippen LogP contribution in [0.15, 0.2) is 53.4 Å². The molecule has 2 rings (SSSR count). The van der Waals surface area contributed by atoms with Gasteiger partial charge < -0.3 is 4.74 Å². The Morgan fingerprint density at radius 2 is 1.50 bits per heavy atom. The zero-order chi connectivity index (χ0) is 18.0. The molecular formula is C19H25NO3S. The van der Waals surface area contributed by atoms with E-state index in [4.69, 9.17) is 4.74 Å². The Hall–Kier alpha value is -1.85. The van der Waals surface area contributed by atoms with Crippen LogP contribution in [0.1, 0.15) is 44.7 Å². The van der Waals surface area contributed by atoms with Gasteiger partial charge in [0.2, 0.25) is 10.0 Å². The maximum atomic E-state index is 12.7. The van der Waals surface area contributed by atoms with Crippen molar-refractivity contribution in [2.24, 2.45) is 0 Å². The minimum absolute atomic E-state index is 0.272. The number of methoxy groups -OCH3 is 1. The van der Waals surface area contributed by atoms with Crippen LogP contribution in [-0.4, -0.2) is 15.5 Å². The van der Waals surface area contributed by atoms with Crippen molar-refractivity contribution in [2.75, 3.05) is 7.11 Å². The van der Waals surface area contributed by atoms with E-state index in [9.17, 15) is 8.42 Å². The summed E-state index contributed by atoms with van der Waals surface area (Å²) in [6.45, 7) is 7.84. The highest BCUT2D eigenvalue weighted by Gasteiger charge is 2.28. The van der Waals surface area contributed by atoms with E-state index in [0.29, 0.717) is 5.92 Å². The second kappa shape index (κ2) is 6.95. The molecule has 1 N–H and O–H groups in total. The van der Waals surface area contributed by atoms with Crippen LogP contribution in [0.2, 0.25) is 0 Å². The standard InChI is InChI=1S/C19H25NO3S/c1-14(2)15-6-12-18(13-7-15)24(21,22)20-19(3,4)16-8-10-17(23-5)11-9-16/h6-14,20H,1-5H3. The average Bonchev–Trinajstić information content (AvgIpc) is 2.54. The third-order valence-corrected chi connectivity index (χ3v) is 5.73. The molecule has 4 nitrogen and oxygen atoms in total. The van der Waals surface area contributed by atoms with E-state index in [2.05, 4.69) is 18.6 Å². The molecule has 0 unspecified atom stereocenters. The highest BCUT2D eigenvalue weighted by atomic mass is 32.2. The second-order valence-corrected chi connectivity index (χ2v) is 8.37. The van der Waals surface area contributed by atoms with Crippen molar-refractivity contribution in [3.05, 3.63) is 59.7 Å². The number of benzene rings is 2. The Kier molecular flexibility index (Phi) is 5.35. The molecule has 24 heavy (non-hydrogen) atoms. The molecule has 0 radical (unpaired) electrons. The van der Waals surface area contributed by atoms with Crippen molar-refractivity contribution in [1.82, 2.24) is 4.72 Å². The summed E-state index contributed by atoms with van der Waals surface area (Å²) in [6, 6.07) is 14.4. The van der Waals surface area contributed by atoms with E-state index in [0.717, 1.165) is 16.9 Å². The summed E-state index contributed by atoms with van der Waals surface area (Å²) in [6.07, 6.45) is 0. The predicted octanol–water partition coefficient (Wildman–Crippen LogP) is 4.03. The van der Waals surface area contributed by atoms with Gasteiger partial charge in [-0.1, -0.05) is 38.1 Å². The maximum absolute atomic E-state index is 12.7. The number of hydrogen-bond acceptors (Lipinski definition) is 3. The van der Waals surface area contributed by atoms with E-state index in [1.807, 2.05) is 50.2 Å². The Morgan fingerprint density at radius 1 is 0.958 bits per heavy atom. The lowest BCUT2D eigenvalue weighted by atomic mass is 9.96. The summed E-state index contributed by atoms with van der Waals surface area (Å²) >= 11 is 0. The second-order valence-electron chi connectivity index (χ2n) is 6.68. The van der Waals surface area contributed by atoms with Crippen LogP contribution in [-0.2, 0) is 15.6 Å². The quantitative estimate of drug-likeness (QED) is 0.858. The Morgan fingerprint density at radius 3 is 1.96 bits per heavy atom. The van der Waals surface area contributed by atoms with E-state index < -0.39 is 15.6 Å². The van der Waals surface area contributed by atoms with Gasteiger partial charge in [0, 0.05) is 0 Å². The van der Waals surface area contributed by atoms with Gasteiger partial charge in [-0.2, -0.15) is 0 Å². The molecule has 130 valence electrons. The van der Waals surface area contributed by atoms with Crippen LogP contribution in [0.25, 0.3) is 0 Å². The van der Waals surface area contributed by atoms with Crippen LogP contribution in [0, 0.1) is 0 Å². The van der Waals surface area contributed by atoms with Crippen LogP contribution in [0.5, 0.6) is 5.75 Å². The molecule has 0 bridgehead atoms. The third kappa shape index (κ3) is 4.16. The smallest absolute Gasteiger partial charge is 0.241 e. The zero-order valence-corrected chi connectivity index (χ0v) is 15.6. The molecule has 0 aromatic heterocycles. The van der Waals surface area contributed by atoms with Gasteiger partial charge in [-0.05, 0) is 55.2 Å². The summed E-state index contributed by atoms with van der Waals surface area (Å²) < 4.78 is 33.3. The lowest BCUT2D eigenvalue weighted by Gasteiger charge is -2.27. The highest BCUT2D eigenvalue weighted by molar-refractivity contribution is 7.89. The zero-order valence-electron chi connectivity index (χ0n) is 14.8. The fraction of sp³-hybridized carbons (Fsp3) is 0.368. The normalized spacial score (nSPS) is 12.4. The molecule has 0 aliphatic heterocycles. The van der Waals surface area contributed by atoms with Gasteiger partial charge >= 0.3 is 0 Å². The first-order valence-corrected chi connectivity index (χ1v) is 9.42. The minimum Gasteiger partial charge on any atom is -0.497 e. The first-order chi connectivity index (χ1) is 11.2. The summed E-state index contributed by atoms with van der Waals surface area (Å²) in [4.78, 5) is 0.272. The van der Waals surface area contributed by atoms with E-state index >= 15 is 0 Å². The molecule has 0 atom stereocenters. The van der Waals surface area contributed by atoms with Gasteiger partial charge in [-0.3, -0.25) is 0 Å². The monoisotopic (exact) mass is 347 g/mol. The topological polar surface area (TPSA) is 55.4 Å². The molecule has 0 amide bonds. The van der Waals surface area contributed by atoms with Crippen molar-refractivity contribution in [2.45, 2.75) is 44.0 Å². The number of rotatable bonds is 6. The van der Waals surface area contributed by atoms with E-state index in [1.165, 1.54) is 0 Å². The van der Waals surface area contributed by atoms with Gasteiger partial charge in [0.15, 0.2) is 0 Å². The van der Waals surface area contributed by atoms with Crippen LogP contribution < -0.4 is 9.46 Å². The van der Waals surface area contributed by atoms with Gasteiger partial charge in [0.1, 0.15) is 5.75 Å². The lowest BCUT2D eigenvalue weighted by Crippen LogP contribution is -2.40. The fourth-order valence-electron chi connectivity index (χ4n) is 2.49. The molecule has 0 spiro atoms. The number of hydrogen-bond donors (Lipinski definition) is 1. The summed E-state index contributed by atoms with van der Waals surface area (Å²) in [7, 11) is -2.00. The number of nitrogens with one attached hydrogen (secondary N) is 1. The summed E-state index contributed by atoms with van der Waals surface area (Å²) in [5, 5.41) is 0. The largest absolute Gasteiger partial charge is 0.497 e. The Bertz CT molecular complexity index is 776. The van der Waals surface area contributed by atoms with Crippen molar-refractivity contribution in [3.63, 3.8) is 0 Å². The van der Waals surface area contributed by atoms with Gasteiger partial charge in [0.05, 0.1) is 17.5 Å². The molecule has 2 aromatic rings. The first kappa shape index (κ1) is 18.5. The van der Waals surface area contributed by atoms with Crippen molar-refractivity contribution >= 4 is 10.0 Å². The van der Waals surface area contributed by atoms with Crippen molar-refractivity contribution in [3.8, 4) is 5.75 Å². The molecule has 0 aliphatic rings. The first-order valence-electron chi connectivity index (χ1n) is 7.94. The van der Waals surface area contributed by atoms with Crippen LogP contribution in [0.3, 0.4) is 0 Å². The Balaban J connectivity index is 2.25. The lowest BCUT2D eigenvalue weighted by molar-refractivity contribution is 0.413. The fourth-order valence-corrected chi connectivity index (χ4v) is 3.90. The molecule has 0 heterocycles. The Labute approximate surface area is 144 Å². The van der Waals surface area contributed by atoms with Crippen molar-refractivity contribution in [1.29, 1.82) is 0 Å². The predicted molar refractivity (Wildman–Crippen MR) is 96.9 cm³/mol. The summed E-state index contributed by atoms with van der Waals surface area (Å²) in [5.74, 6) is 1.10. The van der Waals surface area contributed by atoms with Crippen LogP contribution in [0.4, 0.5) is 0 Å². The van der Waals surface area contributed by atoms with Gasteiger partial charge in [-0.25, -0.2) is 13.1 Å². The minimum atomic E-state index is -3.61. The maximum Gasteiger partial charge on any atom is 0.241 e. The van der Waals surface area contributed by atoms with E-state index in [1.54, 1.807) is 19.2 Å². The van der Waals surface area contributed by atoms with Crippen LogP contribution >= 0.6 is 0 Å². The average molecular weight is 347 g/mol. The molecule has 0 saturated carbocycles. The molecule has 5 heteroatoms. The van der Waals surface area contributed by atoms with Crippen molar-refractivity contribution < 1.29 is 13.2 Å². The third-order valence-electron chi connectivity index (χ3n) is 4.06. The molecule has 2 aromatic carbocycles. The summed E-state index contributed by atoms with van der Waals surface area (Å²) in [5.41, 5.74) is 1.25. The number of ether oxygens (including phenoxy) is 1. The molecule has 0 fully saturated rings. The molecule has 0 saturated heterocycles. The number of sulfonamides is 1. The van der Waals surface area contributed by atoms with Gasteiger partial charge in [-0.15, -0.1) is 0 Å². The highest BCUT2D eigenvalue weighted by Crippen LogP contribution is 2.25. The molecule has 0 aliphatic carbocycles. The SMILES string of the molecule is COc1ccc(C(C)(C)NS(=O)(=O)c2ccc(C(C)C)cc2)cc1.